The maximum absolute atomic E-state index is 12.1. The molecule has 1 aliphatic rings. The van der Waals surface area contributed by atoms with Gasteiger partial charge in [0.25, 0.3) is 0 Å². The summed E-state index contributed by atoms with van der Waals surface area (Å²) in [5.74, 6) is 0. The molecule has 1 fully saturated rings. The average Bonchev–Trinajstić information content (AvgIpc) is 2.77. The summed E-state index contributed by atoms with van der Waals surface area (Å²) < 4.78 is 0. The zero-order valence-corrected chi connectivity index (χ0v) is 12.7. The smallest absolute Gasteiger partial charge is 0.321 e. The van der Waals surface area contributed by atoms with Crippen LogP contribution in [0, 0.1) is 0 Å². The second-order valence-corrected chi connectivity index (χ2v) is 5.49. The van der Waals surface area contributed by atoms with Crippen molar-refractivity contribution >= 4 is 17.4 Å². The Morgan fingerprint density at radius 2 is 1.90 bits per heavy atom. The van der Waals surface area contributed by atoms with E-state index in [0.29, 0.717) is 6.54 Å². The number of benzene rings is 1. The van der Waals surface area contributed by atoms with Crippen molar-refractivity contribution in [2.24, 2.45) is 0 Å². The second-order valence-electron chi connectivity index (χ2n) is 5.49. The summed E-state index contributed by atoms with van der Waals surface area (Å²) in [7, 11) is 1.68. The van der Waals surface area contributed by atoms with Crippen molar-refractivity contribution in [2.75, 3.05) is 43.5 Å². The summed E-state index contributed by atoms with van der Waals surface area (Å²) in [6.07, 6.45) is 4.97. The minimum absolute atomic E-state index is 0.0301. The highest BCUT2D eigenvalue weighted by Crippen LogP contribution is 2.28. The van der Waals surface area contributed by atoms with Gasteiger partial charge >= 0.3 is 6.03 Å². The number of anilines is 2. The van der Waals surface area contributed by atoms with Crippen molar-refractivity contribution in [3.8, 4) is 0 Å². The summed E-state index contributed by atoms with van der Waals surface area (Å²) in [6.45, 7) is 2.38. The lowest BCUT2D eigenvalue weighted by Crippen LogP contribution is -2.34. The number of hydrogen-bond acceptors (Lipinski definition) is 3. The molecule has 1 saturated heterocycles. The molecule has 1 aromatic carbocycles. The van der Waals surface area contributed by atoms with E-state index in [4.69, 9.17) is 5.11 Å². The van der Waals surface area contributed by atoms with Crippen molar-refractivity contribution in [3.05, 3.63) is 24.3 Å². The van der Waals surface area contributed by atoms with E-state index < -0.39 is 0 Å². The van der Waals surface area contributed by atoms with Crippen molar-refractivity contribution in [3.63, 3.8) is 0 Å². The number of amides is 2. The lowest BCUT2D eigenvalue weighted by atomic mass is 10.2. The van der Waals surface area contributed by atoms with Crippen LogP contribution in [-0.4, -0.2) is 49.3 Å². The Morgan fingerprint density at radius 3 is 2.57 bits per heavy atom. The number of urea groups is 1. The zero-order valence-electron chi connectivity index (χ0n) is 12.7. The first-order valence-corrected chi connectivity index (χ1v) is 7.69. The molecule has 0 bridgehead atoms. The standard InChI is InChI=1S/C16H25N3O2/c1-18(12-13-20)16(21)17-14-8-4-5-9-15(14)19-10-6-2-3-7-11-19/h4-5,8-9,20H,2-3,6-7,10-13H2,1H3,(H,17,21). The first-order valence-electron chi connectivity index (χ1n) is 7.69. The van der Waals surface area contributed by atoms with Crippen molar-refractivity contribution in [1.82, 2.24) is 4.90 Å². The number of carbonyl (C=O) groups excluding carboxylic acids is 1. The fraction of sp³-hybridized carbons (Fsp3) is 0.562. The van der Waals surface area contributed by atoms with E-state index in [9.17, 15) is 4.79 Å². The van der Waals surface area contributed by atoms with Gasteiger partial charge in [0, 0.05) is 26.7 Å². The third kappa shape index (κ3) is 4.36. The SMILES string of the molecule is CN(CCO)C(=O)Nc1ccccc1N1CCCCCC1. The summed E-state index contributed by atoms with van der Waals surface area (Å²) in [6, 6.07) is 7.75. The second kappa shape index (κ2) is 7.88. The van der Waals surface area contributed by atoms with Gasteiger partial charge in [-0.05, 0) is 25.0 Å². The number of carbonyl (C=O) groups is 1. The molecule has 2 N–H and O–H groups in total. The van der Waals surface area contributed by atoms with Crippen LogP contribution in [-0.2, 0) is 0 Å². The van der Waals surface area contributed by atoms with Crippen molar-refractivity contribution < 1.29 is 9.90 Å². The molecule has 0 atom stereocenters. The van der Waals surface area contributed by atoms with Crippen LogP contribution in [0.1, 0.15) is 25.7 Å². The monoisotopic (exact) mass is 291 g/mol. The van der Waals surface area contributed by atoms with E-state index in [-0.39, 0.29) is 12.6 Å². The number of nitrogens with one attached hydrogen (secondary N) is 1. The highest BCUT2D eigenvalue weighted by Gasteiger charge is 2.15. The molecule has 1 heterocycles. The lowest BCUT2D eigenvalue weighted by Gasteiger charge is -2.26. The van der Waals surface area contributed by atoms with Gasteiger partial charge in [-0.1, -0.05) is 25.0 Å². The third-order valence-corrected chi connectivity index (χ3v) is 3.87. The number of aliphatic hydroxyl groups excluding tert-OH is 1. The Labute approximate surface area is 126 Å². The van der Waals surface area contributed by atoms with Gasteiger partial charge in [0.2, 0.25) is 0 Å². The molecule has 2 rings (SSSR count). The normalized spacial score (nSPS) is 15.4. The summed E-state index contributed by atoms with van der Waals surface area (Å²) >= 11 is 0. The van der Waals surface area contributed by atoms with Crippen LogP contribution in [0.25, 0.3) is 0 Å². The topological polar surface area (TPSA) is 55.8 Å². The first kappa shape index (κ1) is 15.6. The molecule has 1 aromatic rings. The Kier molecular flexibility index (Phi) is 5.87. The molecule has 2 amide bonds. The zero-order chi connectivity index (χ0) is 15.1. The first-order chi connectivity index (χ1) is 10.2. The fourth-order valence-electron chi connectivity index (χ4n) is 2.63. The molecule has 0 saturated carbocycles. The molecule has 1 aliphatic heterocycles. The minimum Gasteiger partial charge on any atom is -0.395 e. The molecule has 0 unspecified atom stereocenters. The van der Waals surface area contributed by atoms with Crippen LogP contribution < -0.4 is 10.2 Å². The number of para-hydroxylation sites is 2. The van der Waals surface area contributed by atoms with E-state index in [1.54, 1.807) is 7.05 Å². The number of hydrogen-bond donors (Lipinski definition) is 2. The fourth-order valence-corrected chi connectivity index (χ4v) is 2.63. The largest absolute Gasteiger partial charge is 0.395 e. The van der Waals surface area contributed by atoms with Crippen LogP contribution in [0.2, 0.25) is 0 Å². The van der Waals surface area contributed by atoms with Gasteiger partial charge in [-0.2, -0.15) is 0 Å². The van der Waals surface area contributed by atoms with Gasteiger partial charge in [0.1, 0.15) is 0 Å². The molecule has 0 aliphatic carbocycles. The molecule has 21 heavy (non-hydrogen) atoms. The predicted octanol–water partition coefficient (Wildman–Crippen LogP) is 2.52. The van der Waals surface area contributed by atoms with E-state index in [1.165, 1.54) is 30.6 Å². The molecule has 0 spiro atoms. The van der Waals surface area contributed by atoms with Crippen LogP contribution in [0.15, 0.2) is 24.3 Å². The van der Waals surface area contributed by atoms with Gasteiger partial charge in [-0.25, -0.2) is 4.79 Å². The summed E-state index contributed by atoms with van der Waals surface area (Å²) in [5.41, 5.74) is 1.93. The maximum atomic E-state index is 12.1. The van der Waals surface area contributed by atoms with Gasteiger partial charge in [-0.3, -0.25) is 0 Å². The molecule has 5 nitrogen and oxygen atoms in total. The average molecular weight is 291 g/mol. The molecular weight excluding hydrogens is 266 g/mol. The number of nitrogens with zero attached hydrogens (tertiary/aromatic N) is 2. The molecule has 5 heteroatoms. The van der Waals surface area contributed by atoms with Gasteiger partial charge in [-0.15, -0.1) is 0 Å². The Hall–Kier alpha value is -1.75. The third-order valence-electron chi connectivity index (χ3n) is 3.87. The predicted molar refractivity (Wildman–Crippen MR) is 85.9 cm³/mol. The molecular formula is C16H25N3O2. The lowest BCUT2D eigenvalue weighted by molar-refractivity contribution is 0.202. The van der Waals surface area contributed by atoms with Gasteiger partial charge in [0.15, 0.2) is 0 Å². The summed E-state index contributed by atoms with van der Waals surface area (Å²) in [5, 5.41) is 11.9. The van der Waals surface area contributed by atoms with E-state index in [0.717, 1.165) is 24.5 Å². The van der Waals surface area contributed by atoms with Crippen molar-refractivity contribution in [1.29, 1.82) is 0 Å². The van der Waals surface area contributed by atoms with Gasteiger partial charge < -0.3 is 20.2 Å². The summed E-state index contributed by atoms with van der Waals surface area (Å²) in [4.78, 5) is 15.9. The molecule has 0 radical (unpaired) electrons. The van der Waals surface area contributed by atoms with Crippen LogP contribution >= 0.6 is 0 Å². The molecule has 116 valence electrons. The number of rotatable bonds is 4. The van der Waals surface area contributed by atoms with E-state index >= 15 is 0 Å². The van der Waals surface area contributed by atoms with Crippen LogP contribution in [0.5, 0.6) is 0 Å². The van der Waals surface area contributed by atoms with Crippen molar-refractivity contribution in [2.45, 2.75) is 25.7 Å². The minimum atomic E-state index is -0.189. The Balaban J connectivity index is 2.10. The molecule has 0 aromatic heterocycles. The van der Waals surface area contributed by atoms with E-state index in [2.05, 4.69) is 16.3 Å². The maximum Gasteiger partial charge on any atom is 0.321 e. The van der Waals surface area contributed by atoms with E-state index in [1.807, 2.05) is 18.2 Å². The van der Waals surface area contributed by atoms with Gasteiger partial charge in [0.05, 0.1) is 18.0 Å². The Morgan fingerprint density at radius 1 is 1.24 bits per heavy atom. The number of aliphatic hydroxyl groups is 1. The quantitative estimate of drug-likeness (QED) is 0.896. The Bertz CT molecular complexity index is 457. The van der Waals surface area contributed by atoms with Crippen LogP contribution in [0.4, 0.5) is 16.2 Å². The highest BCUT2D eigenvalue weighted by atomic mass is 16.3. The highest BCUT2D eigenvalue weighted by molar-refractivity contribution is 5.93. The number of likely N-dealkylation sites (N-methyl/N-ethyl adjacent to an activating group) is 1. The van der Waals surface area contributed by atoms with Crippen LogP contribution in [0.3, 0.4) is 0 Å².